The molecule has 2 rings (SSSR count). The van der Waals surface area contributed by atoms with Gasteiger partial charge in [0.15, 0.2) is 0 Å². The SMILES string of the molecule is COc1ccccc1Br.O=S(=O)([O-])c1ccccc1.[Na+]. The number of benzene rings is 2. The van der Waals surface area contributed by atoms with Gasteiger partial charge in [-0.3, -0.25) is 0 Å². The average molecular weight is 367 g/mol. The van der Waals surface area contributed by atoms with Crippen LogP contribution >= 0.6 is 15.9 Å². The maximum absolute atomic E-state index is 10.3. The van der Waals surface area contributed by atoms with Gasteiger partial charge in [0.25, 0.3) is 0 Å². The molecule has 0 saturated heterocycles. The number of hydrogen-bond donors (Lipinski definition) is 0. The maximum atomic E-state index is 10.3. The van der Waals surface area contributed by atoms with Crippen LogP contribution in [0.2, 0.25) is 0 Å². The van der Waals surface area contributed by atoms with Crippen molar-refractivity contribution in [1.82, 2.24) is 0 Å². The van der Waals surface area contributed by atoms with Crippen LogP contribution in [0.3, 0.4) is 0 Å². The summed E-state index contributed by atoms with van der Waals surface area (Å²) in [5, 5.41) is 0. The van der Waals surface area contributed by atoms with Crippen molar-refractivity contribution in [2.24, 2.45) is 0 Å². The summed E-state index contributed by atoms with van der Waals surface area (Å²) in [6.07, 6.45) is 0. The fraction of sp³-hybridized carbons (Fsp3) is 0.0769. The molecule has 7 heteroatoms. The number of hydrogen-bond acceptors (Lipinski definition) is 4. The van der Waals surface area contributed by atoms with E-state index in [1.807, 2.05) is 24.3 Å². The van der Waals surface area contributed by atoms with Crippen LogP contribution in [0.25, 0.3) is 0 Å². The maximum Gasteiger partial charge on any atom is 1.00 e. The first-order valence-electron chi connectivity index (χ1n) is 5.24. The minimum Gasteiger partial charge on any atom is -0.744 e. The Hall–Kier alpha value is -0.370. The Morgan fingerprint density at radius 1 is 1.00 bits per heavy atom. The molecule has 0 aliphatic carbocycles. The number of methoxy groups -OCH3 is 1. The molecule has 0 amide bonds. The van der Waals surface area contributed by atoms with Gasteiger partial charge in [0, 0.05) is 0 Å². The van der Waals surface area contributed by atoms with Crippen molar-refractivity contribution >= 4 is 26.0 Å². The van der Waals surface area contributed by atoms with Crippen molar-refractivity contribution < 1.29 is 47.3 Å². The van der Waals surface area contributed by atoms with Crippen LogP contribution < -0.4 is 34.3 Å². The van der Waals surface area contributed by atoms with Gasteiger partial charge in [0.05, 0.1) is 16.5 Å². The Kier molecular flexibility index (Phi) is 9.37. The zero-order valence-corrected chi connectivity index (χ0v) is 15.5. The molecule has 0 radical (unpaired) electrons. The van der Waals surface area contributed by atoms with Gasteiger partial charge in [-0.25, -0.2) is 8.42 Å². The molecule has 2 aromatic rings. The van der Waals surface area contributed by atoms with E-state index >= 15 is 0 Å². The topological polar surface area (TPSA) is 66.4 Å². The fourth-order valence-corrected chi connectivity index (χ4v) is 2.13. The van der Waals surface area contributed by atoms with Gasteiger partial charge in [-0.2, -0.15) is 0 Å². The smallest absolute Gasteiger partial charge is 0.744 e. The first-order chi connectivity index (χ1) is 8.95. The Balaban J connectivity index is 0.000000345. The van der Waals surface area contributed by atoms with Gasteiger partial charge >= 0.3 is 29.6 Å². The van der Waals surface area contributed by atoms with Crippen molar-refractivity contribution in [3.63, 3.8) is 0 Å². The van der Waals surface area contributed by atoms with Gasteiger partial charge < -0.3 is 9.29 Å². The fourth-order valence-electron chi connectivity index (χ4n) is 1.20. The monoisotopic (exact) mass is 366 g/mol. The van der Waals surface area contributed by atoms with Gasteiger partial charge in [-0.1, -0.05) is 30.3 Å². The number of rotatable bonds is 2. The van der Waals surface area contributed by atoms with Gasteiger partial charge in [0.2, 0.25) is 0 Å². The van der Waals surface area contributed by atoms with Crippen LogP contribution in [0.5, 0.6) is 5.75 Å². The molecule has 0 atom stereocenters. The second kappa shape index (κ2) is 9.55. The van der Waals surface area contributed by atoms with Crippen molar-refractivity contribution in [3.8, 4) is 5.75 Å². The molecular formula is C13H12BrNaO4S. The van der Waals surface area contributed by atoms with Crippen LogP contribution in [0.15, 0.2) is 64.0 Å². The van der Waals surface area contributed by atoms with E-state index in [-0.39, 0.29) is 34.5 Å². The quantitative estimate of drug-likeness (QED) is 0.556. The molecule has 0 N–H and O–H groups in total. The summed E-state index contributed by atoms with van der Waals surface area (Å²) in [6.45, 7) is 0. The second-order valence-corrected chi connectivity index (χ2v) is 5.64. The largest absolute Gasteiger partial charge is 1.00 e. The summed E-state index contributed by atoms with van der Waals surface area (Å²) in [5.41, 5.74) is 0. The Morgan fingerprint density at radius 3 is 1.85 bits per heavy atom. The molecule has 0 unspecified atom stereocenters. The third-order valence-electron chi connectivity index (χ3n) is 2.09. The van der Waals surface area contributed by atoms with E-state index in [1.165, 1.54) is 24.3 Å². The van der Waals surface area contributed by atoms with Crippen LogP contribution in [0, 0.1) is 0 Å². The molecule has 0 fully saturated rings. The summed E-state index contributed by atoms with van der Waals surface area (Å²) >= 11 is 3.33. The van der Waals surface area contributed by atoms with Crippen LogP contribution in [-0.4, -0.2) is 20.1 Å². The molecule has 0 aromatic heterocycles. The average Bonchev–Trinajstić information content (AvgIpc) is 2.40. The van der Waals surface area contributed by atoms with E-state index in [0.29, 0.717) is 0 Å². The standard InChI is InChI=1S/C7H7BrO.C6H6O3S.Na/c1-9-7-5-3-2-4-6(7)8;7-10(8,9)6-4-2-1-3-5-6;/h2-5H,1H3;1-5H,(H,7,8,9);/q;;+1/p-1. The third-order valence-corrected chi connectivity index (χ3v) is 3.59. The predicted octanol–water partition coefficient (Wildman–Crippen LogP) is 0.0524. The second-order valence-electron chi connectivity index (χ2n) is 3.40. The van der Waals surface area contributed by atoms with Crippen molar-refractivity contribution in [1.29, 1.82) is 0 Å². The third kappa shape index (κ3) is 6.88. The van der Waals surface area contributed by atoms with Gasteiger partial charge in [-0.05, 0) is 40.2 Å². The molecule has 0 saturated carbocycles. The Bertz CT molecular complexity index is 617. The minimum atomic E-state index is -4.25. The van der Waals surface area contributed by atoms with Gasteiger partial charge in [-0.15, -0.1) is 0 Å². The molecule has 0 spiro atoms. The van der Waals surface area contributed by atoms with E-state index < -0.39 is 10.1 Å². The summed E-state index contributed by atoms with van der Waals surface area (Å²) in [4.78, 5) is -0.185. The number of para-hydroxylation sites is 1. The zero-order chi connectivity index (χ0) is 14.3. The molecule has 0 aliphatic rings. The summed E-state index contributed by atoms with van der Waals surface area (Å²) in [7, 11) is -2.60. The van der Waals surface area contributed by atoms with Crippen LogP contribution in [0.4, 0.5) is 0 Å². The summed E-state index contributed by atoms with van der Waals surface area (Å²) in [6, 6.07) is 14.9. The van der Waals surface area contributed by atoms with Crippen LogP contribution in [0.1, 0.15) is 0 Å². The van der Waals surface area contributed by atoms with E-state index in [1.54, 1.807) is 13.2 Å². The zero-order valence-electron chi connectivity index (χ0n) is 11.1. The Morgan fingerprint density at radius 2 is 1.50 bits per heavy atom. The minimum absolute atomic E-state index is 0. The van der Waals surface area contributed by atoms with Crippen molar-refractivity contribution in [3.05, 3.63) is 59.1 Å². The summed E-state index contributed by atoms with van der Waals surface area (Å²) in [5.74, 6) is 0.873. The van der Waals surface area contributed by atoms with E-state index in [4.69, 9.17) is 4.74 Å². The van der Waals surface area contributed by atoms with E-state index in [0.717, 1.165) is 10.2 Å². The molecule has 2 aromatic carbocycles. The molecule has 0 heterocycles. The predicted molar refractivity (Wildman–Crippen MR) is 75.1 cm³/mol. The molecule has 0 aliphatic heterocycles. The first-order valence-corrected chi connectivity index (χ1v) is 7.44. The van der Waals surface area contributed by atoms with E-state index in [9.17, 15) is 13.0 Å². The molecule has 102 valence electrons. The molecular weight excluding hydrogens is 355 g/mol. The molecule has 0 bridgehead atoms. The first kappa shape index (κ1) is 19.6. The van der Waals surface area contributed by atoms with Crippen molar-refractivity contribution in [2.45, 2.75) is 4.90 Å². The van der Waals surface area contributed by atoms with E-state index in [2.05, 4.69) is 15.9 Å². The van der Waals surface area contributed by atoms with Crippen LogP contribution in [-0.2, 0) is 10.1 Å². The number of ether oxygens (including phenoxy) is 1. The molecule has 20 heavy (non-hydrogen) atoms. The summed E-state index contributed by atoms with van der Waals surface area (Å²) < 4.78 is 36.8. The van der Waals surface area contributed by atoms with Gasteiger partial charge in [0.1, 0.15) is 15.9 Å². The normalized spacial score (nSPS) is 9.75. The van der Waals surface area contributed by atoms with Crippen molar-refractivity contribution in [2.75, 3.05) is 7.11 Å². The Labute approximate surface area is 149 Å². The number of halogens is 1. The molecule has 4 nitrogen and oxygen atoms in total.